The molecule has 1 aromatic rings. The lowest BCUT2D eigenvalue weighted by molar-refractivity contribution is 0.187. The molecule has 1 aromatic heterocycles. The second-order valence-electron chi connectivity index (χ2n) is 7.46. The number of rotatable bonds is 8. The van der Waals surface area contributed by atoms with Crippen LogP contribution < -0.4 is 5.32 Å². The van der Waals surface area contributed by atoms with Crippen molar-refractivity contribution in [1.82, 2.24) is 15.1 Å². The summed E-state index contributed by atoms with van der Waals surface area (Å²) in [4.78, 5) is 9.81. The molecular weight excluding hydrogens is 328 g/mol. The van der Waals surface area contributed by atoms with E-state index in [1.165, 1.54) is 19.4 Å². The van der Waals surface area contributed by atoms with Crippen LogP contribution in [0.3, 0.4) is 0 Å². The molecule has 2 saturated heterocycles. The van der Waals surface area contributed by atoms with Gasteiger partial charge in [0.25, 0.3) is 0 Å². The van der Waals surface area contributed by atoms with E-state index in [0.29, 0.717) is 12.0 Å². The lowest BCUT2D eigenvalue weighted by atomic mass is 10.1. The molecule has 0 saturated carbocycles. The number of aliphatic imine (C=N–C) groups is 1. The normalized spacial score (nSPS) is 24.3. The Labute approximate surface area is 157 Å². The first kappa shape index (κ1) is 19.2. The fourth-order valence-electron chi connectivity index (χ4n) is 3.93. The van der Waals surface area contributed by atoms with Crippen LogP contribution in [-0.2, 0) is 11.2 Å². The molecule has 1 N–H and O–H groups in total. The highest BCUT2D eigenvalue weighted by atomic mass is 16.5. The van der Waals surface area contributed by atoms with Crippen LogP contribution >= 0.6 is 0 Å². The van der Waals surface area contributed by atoms with Crippen LogP contribution in [0.2, 0.25) is 0 Å². The molecule has 0 aromatic carbocycles. The summed E-state index contributed by atoms with van der Waals surface area (Å²) in [5.41, 5.74) is 0. The number of likely N-dealkylation sites (N-methyl/N-ethyl adjacent to an activating group) is 2. The highest BCUT2D eigenvalue weighted by molar-refractivity contribution is 5.79. The minimum atomic E-state index is 0.559. The quantitative estimate of drug-likeness (QED) is 0.568. The van der Waals surface area contributed by atoms with E-state index in [1.807, 2.05) is 12.1 Å². The van der Waals surface area contributed by atoms with E-state index in [9.17, 15) is 0 Å². The lowest BCUT2D eigenvalue weighted by Gasteiger charge is -2.30. The molecule has 0 amide bonds. The minimum Gasteiger partial charge on any atom is -0.469 e. The maximum absolute atomic E-state index is 5.49. The third-order valence-corrected chi connectivity index (χ3v) is 5.51. The predicted octanol–water partition coefficient (Wildman–Crippen LogP) is 2.22. The molecular formula is C20H34N4O2. The van der Waals surface area contributed by atoms with Crippen LogP contribution in [0.5, 0.6) is 0 Å². The van der Waals surface area contributed by atoms with Crippen molar-refractivity contribution in [2.24, 2.45) is 10.9 Å². The Balaban J connectivity index is 1.55. The second-order valence-corrected chi connectivity index (χ2v) is 7.46. The number of hydrogen-bond donors (Lipinski definition) is 1. The van der Waals surface area contributed by atoms with Crippen molar-refractivity contribution < 1.29 is 9.15 Å². The van der Waals surface area contributed by atoms with Crippen LogP contribution in [0.4, 0.5) is 0 Å². The maximum Gasteiger partial charge on any atom is 0.193 e. The van der Waals surface area contributed by atoms with Gasteiger partial charge in [0.1, 0.15) is 5.76 Å². The summed E-state index contributed by atoms with van der Waals surface area (Å²) >= 11 is 0. The summed E-state index contributed by atoms with van der Waals surface area (Å²) < 4.78 is 10.9. The summed E-state index contributed by atoms with van der Waals surface area (Å²) in [6.45, 7) is 9.05. The smallest absolute Gasteiger partial charge is 0.193 e. The van der Waals surface area contributed by atoms with Gasteiger partial charge in [0.2, 0.25) is 0 Å². The van der Waals surface area contributed by atoms with Gasteiger partial charge >= 0.3 is 0 Å². The largest absolute Gasteiger partial charge is 0.469 e. The van der Waals surface area contributed by atoms with E-state index < -0.39 is 0 Å². The second kappa shape index (κ2) is 9.97. The van der Waals surface area contributed by atoms with Crippen LogP contribution in [0.15, 0.2) is 27.8 Å². The molecule has 0 aliphatic carbocycles. The molecule has 6 heteroatoms. The first-order chi connectivity index (χ1) is 12.8. The Kier molecular flexibility index (Phi) is 7.38. The molecule has 26 heavy (non-hydrogen) atoms. The lowest BCUT2D eigenvalue weighted by Crippen LogP contribution is -2.46. The molecule has 2 atom stereocenters. The average Bonchev–Trinajstić information content (AvgIpc) is 3.39. The molecule has 2 fully saturated rings. The number of ether oxygens (including phenoxy) is 1. The van der Waals surface area contributed by atoms with Gasteiger partial charge in [0.05, 0.1) is 12.9 Å². The number of nitrogens with one attached hydrogen (secondary N) is 1. The molecule has 3 heterocycles. The fraction of sp³-hybridized carbons (Fsp3) is 0.750. The first-order valence-corrected chi connectivity index (χ1v) is 10.1. The Morgan fingerprint density at radius 2 is 2.35 bits per heavy atom. The van der Waals surface area contributed by atoms with Crippen molar-refractivity contribution in [3.63, 3.8) is 0 Å². The molecule has 0 bridgehead atoms. The summed E-state index contributed by atoms with van der Waals surface area (Å²) in [6, 6.07) is 4.60. The van der Waals surface area contributed by atoms with Crippen LogP contribution in [0.1, 0.15) is 31.9 Å². The van der Waals surface area contributed by atoms with Gasteiger partial charge in [0.15, 0.2) is 5.96 Å². The first-order valence-electron chi connectivity index (χ1n) is 10.1. The van der Waals surface area contributed by atoms with Gasteiger partial charge in [-0.15, -0.1) is 0 Å². The van der Waals surface area contributed by atoms with Gasteiger partial charge in [-0.25, -0.2) is 0 Å². The Morgan fingerprint density at radius 3 is 3.08 bits per heavy atom. The molecule has 2 aliphatic heterocycles. The number of nitrogens with zero attached hydrogens (tertiary/aromatic N) is 3. The molecule has 146 valence electrons. The molecule has 6 nitrogen and oxygen atoms in total. The van der Waals surface area contributed by atoms with Gasteiger partial charge in [-0.05, 0) is 44.5 Å². The van der Waals surface area contributed by atoms with Crippen molar-refractivity contribution in [2.75, 3.05) is 53.0 Å². The highest BCUT2D eigenvalue weighted by Gasteiger charge is 2.25. The van der Waals surface area contributed by atoms with Crippen molar-refractivity contribution in [3.05, 3.63) is 24.2 Å². The van der Waals surface area contributed by atoms with Gasteiger partial charge < -0.3 is 19.4 Å². The number of likely N-dealkylation sites (tertiary alicyclic amines) is 1. The van der Waals surface area contributed by atoms with Crippen molar-refractivity contribution >= 4 is 5.96 Å². The van der Waals surface area contributed by atoms with Crippen LogP contribution in [0.25, 0.3) is 0 Å². The Bertz CT molecular complexity index is 540. The van der Waals surface area contributed by atoms with Gasteiger partial charge in [0, 0.05) is 51.7 Å². The predicted molar refractivity (Wildman–Crippen MR) is 105 cm³/mol. The third kappa shape index (κ3) is 5.48. The van der Waals surface area contributed by atoms with E-state index in [2.05, 4.69) is 29.1 Å². The number of guanidine groups is 1. The van der Waals surface area contributed by atoms with E-state index >= 15 is 0 Å². The molecule has 2 unspecified atom stereocenters. The van der Waals surface area contributed by atoms with Gasteiger partial charge in [-0.2, -0.15) is 0 Å². The fourth-order valence-corrected chi connectivity index (χ4v) is 3.93. The van der Waals surface area contributed by atoms with Crippen molar-refractivity contribution in [2.45, 2.75) is 38.6 Å². The summed E-state index contributed by atoms with van der Waals surface area (Å²) in [7, 11) is 2.16. The number of furan rings is 1. The summed E-state index contributed by atoms with van der Waals surface area (Å²) in [5.74, 6) is 2.58. The monoisotopic (exact) mass is 362 g/mol. The topological polar surface area (TPSA) is 53.2 Å². The standard InChI is InChI=1S/C20H34N4O2/c1-3-24-11-4-6-18(24)15-23(2)20(22-14-17-9-13-25-16-17)21-10-8-19-7-5-12-26-19/h5,7,12,17-18H,3-4,6,8-11,13-16H2,1-2H3,(H,21,22). The molecule has 2 aliphatic rings. The van der Waals surface area contributed by atoms with Crippen molar-refractivity contribution in [3.8, 4) is 0 Å². The molecule has 0 radical (unpaired) electrons. The maximum atomic E-state index is 5.49. The highest BCUT2D eigenvalue weighted by Crippen LogP contribution is 2.17. The van der Waals surface area contributed by atoms with Crippen LogP contribution in [-0.4, -0.2) is 74.8 Å². The van der Waals surface area contributed by atoms with E-state index in [1.54, 1.807) is 6.26 Å². The van der Waals surface area contributed by atoms with E-state index in [0.717, 1.165) is 64.0 Å². The summed E-state index contributed by atoms with van der Waals surface area (Å²) in [6.07, 6.45) is 6.32. The van der Waals surface area contributed by atoms with E-state index in [4.69, 9.17) is 14.1 Å². The molecule has 0 spiro atoms. The zero-order valence-corrected chi connectivity index (χ0v) is 16.3. The SMILES string of the molecule is CCN1CCCC1CN(C)C(=NCC1CCOC1)NCCc1ccco1. The number of hydrogen-bond acceptors (Lipinski definition) is 4. The summed E-state index contributed by atoms with van der Waals surface area (Å²) in [5, 5.41) is 3.55. The van der Waals surface area contributed by atoms with Crippen LogP contribution in [0, 0.1) is 5.92 Å². The molecule has 3 rings (SSSR count). The Hall–Kier alpha value is -1.53. The average molecular weight is 363 g/mol. The van der Waals surface area contributed by atoms with Gasteiger partial charge in [-0.1, -0.05) is 6.92 Å². The third-order valence-electron chi connectivity index (χ3n) is 5.51. The zero-order valence-electron chi connectivity index (χ0n) is 16.3. The van der Waals surface area contributed by atoms with E-state index in [-0.39, 0.29) is 0 Å². The Morgan fingerprint density at radius 1 is 1.42 bits per heavy atom. The zero-order chi connectivity index (χ0) is 18.2. The van der Waals surface area contributed by atoms with Gasteiger partial charge in [-0.3, -0.25) is 9.89 Å². The van der Waals surface area contributed by atoms with Crippen molar-refractivity contribution in [1.29, 1.82) is 0 Å². The minimum absolute atomic E-state index is 0.559.